The average Bonchev–Trinajstić information content (AvgIpc) is 2.27. The van der Waals surface area contributed by atoms with Gasteiger partial charge in [0.2, 0.25) is 0 Å². The molecule has 1 rings (SSSR count). The quantitative estimate of drug-likeness (QED) is 0.740. The lowest BCUT2D eigenvalue weighted by molar-refractivity contribution is 0.351. The van der Waals surface area contributed by atoms with Crippen LogP contribution in [0, 0.1) is 5.82 Å². The highest BCUT2D eigenvalue weighted by molar-refractivity contribution is 6.20. The minimum Gasteiger partial charge on any atom is -0.493 e. The SMILES string of the molecule is CCC(Cl)c1cc(OC)c(OC)cc1F. The zero-order chi connectivity index (χ0) is 11.4. The van der Waals surface area contributed by atoms with E-state index in [0.29, 0.717) is 23.5 Å². The Hall–Kier alpha value is -0.960. The maximum Gasteiger partial charge on any atom is 0.163 e. The highest BCUT2D eigenvalue weighted by atomic mass is 35.5. The number of alkyl halides is 1. The summed E-state index contributed by atoms with van der Waals surface area (Å²) in [6.07, 6.45) is 0.661. The summed E-state index contributed by atoms with van der Waals surface area (Å²) in [6.45, 7) is 1.90. The van der Waals surface area contributed by atoms with Gasteiger partial charge in [-0.3, -0.25) is 0 Å². The van der Waals surface area contributed by atoms with Crippen LogP contribution >= 0.6 is 11.6 Å². The van der Waals surface area contributed by atoms with Crippen molar-refractivity contribution < 1.29 is 13.9 Å². The van der Waals surface area contributed by atoms with Crippen LogP contribution in [-0.4, -0.2) is 14.2 Å². The number of ether oxygens (including phenoxy) is 2. The van der Waals surface area contributed by atoms with Crippen LogP contribution in [-0.2, 0) is 0 Å². The molecule has 0 aliphatic rings. The number of methoxy groups -OCH3 is 2. The van der Waals surface area contributed by atoms with Crippen molar-refractivity contribution in [1.29, 1.82) is 0 Å². The van der Waals surface area contributed by atoms with Crippen molar-refractivity contribution in [2.75, 3.05) is 14.2 Å². The molecule has 0 aliphatic carbocycles. The third-order valence-electron chi connectivity index (χ3n) is 2.20. The van der Waals surface area contributed by atoms with E-state index in [-0.39, 0.29) is 11.2 Å². The van der Waals surface area contributed by atoms with Crippen LogP contribution in [0.1, 0.15) is 24.3 Å². The van der Waals surface area contributed by atoms with Gasteiger partial charge in [0.05, 0.1) is 19.6 Å². The maximum atomic E-state index is 13.6. The summed E-state index contributed by atoms with van der Waals surface area (Å²) in [4.78, 5) is 0. The minimum absolute atomic E-state index is 0.343. The average molecular weight is 233 g/mol. The molecule has 0 saturated carbocycles. The summed E-state index contributed by atoms with van der Waals surface area (Å²) < 4.78 is 23.6. The molecule has 0 N–H and O–H groups in total. The molecule has 1 aromatic carbocycles. The van der Waals surface area contributed by atoms with Crippen molar-refractivity contribution in [3.05, 3.63) is 23.5 Å². The Morgan fingerprint density at radius 2 is 1.80 bits per heavy atom. The first-order valence-electron chi connectivity index (χ1n) is 4.69. The van der Waals surface area contributed by atoms with Gasteiger partial charge < -0.3 is 9.47 Å². The molecular formula is C11H14ClFO2. The first-order chi connectivity index (χ1) is 7.13. The highest BCUT2D eigenvalue weighted by Crippen LogP contribution is 2.35. The Balaban J connectivity index is 3.19. The number of hydrogen-bond donors (Lipinski definition) is 0. The van der Waals surface area contributed by atoms with Gasteiger partial charge in [-0.2, -0.15) is 0 Å². The molecule has 0 radical (unpaired) electrons. The third kappa shape index (κ3) is 2.53. The Labute approximate surface area is 94.0 Å². The van der Waals surface area contributed by atoms with E-state index < -0.39 is 0 Å². The number of rotatable bonds is 4. The van der Waals surface area contributed by atoms with E-state index in [1.165, 1.54) is 20.3 Å². The molecule has 0 fully saturated rings. The molecule has 0 heterocycles. The van der Waals surface area contributed by atoms with E-state index in [2.05, 4.69) is 0 Å². The molecule has 0 bridgehead atoms. The fraction of sp³-hybridized carbons (Fsp3) is 0.455. The Morgan fingerprint density at radius 1 is 1.27 bits per heavy atom. The summed E-state index contributed by atoms with van der Waals surface area (Å²) in [6, 6.07) is 2.87. The largest absolute Gasteiger partial charge is 0.493 e. The summed E-state index contributed by atoms with van der Waals surface area (Å²) in [5.74, 6) is 0.501. The maximum absolute atomic E-state index is 13.6. The van der Waals surface area contributed by atoms with Crippen LogP contribution < -0.4 is 9.47 Å². The molecular weight excluding hydrogens is 219 g/mol. The van der Waals surface area contributed by atoms with Gasteiger partial charge in [-0.15, -0.1) is 11.6 Å². The van der Waals surface area contributed by atoms with Crippen molar-refractivity contribution >= 4 is 11.6 Å². The molecule has 0 aliphatic heterocycles. The lowest BCUT2D eigenvalue weighted by Gasteiger charge is -2.13. The lowest BCUT2D eigenvalue weighted by atomic mass is 10.1. The molecule has 4 heteroatoms. The molecule has 84 valence electrons. The van der Waals surface area contributed by atoms with Crippen LogP contribution in [0.4, 0.5) is 4.39 Å². The van der Waals surface area contributed by atoms with Crippen LogP contribution in [0.2, 0.25) is 0 Å². The predicted molar refractivity (Wildman–Crippen MR) is 58.4 cm³/mol. The molecule has 1 atom stereocenters. The van der Waals surface area contributed by atoms with Crippen LogP contribution in [0.5, 0.6) is 11.5 Å². The van der Waals surface area contributed by atoms with Gasteiger partial charge in [0.15, 0.2) is 11.5 Å². The molecule has 15 heavy (non-hydrogen) atoms. The standard InChI is InChI=1S/C11H14ClFO2/c1-4-8(12)7-5-10(14-2)11(15-3)6-9(7)13/h5-6,8H,4H2,1-3H3. The van der Waals surface area contributed by atoms with Gasteiger partial charge in [-0.05, 0) is 12.5 Å². The summed E-state index contributed by atoms with van der Waals surface area (Å²) in [5, 5.41) is -0.343. The fourth-order valence-corrected chi connectivity index (χ4v) is 1.50. The lowest BCUT2D eigenvalue weighted by Crippen LogP contribution is -1.98. The molecule has 1 aromatic rings. The van der Waals surface area contributed by atoms with E-state index in [4.69, 9.17) is 21.1 Å². The monoisotopic (exact) mass is 232 g/mol. The molecule has 0 amide bonds. The highest BCUT2D eigenvalue weighted by Gasteiger charge is 2.16. The second-order valence-electron chi connectivity index (χ2n) is 3.10. The fourth-order valence-electron chi connectivity index (χ4n) is 1.33. The van der Waals surface area contributed by atoms with E-state index >= 15 is 0 Å². The third-order valence-corrected chi connectivity index (χ3v) is 2.74. The zero-order valence-electron chi connectivity index (χ0n) is 9.01. The second-order valence-corrected chi connectivity index (χ2v) is 3.63. The summed E-state index contributed by atoms with van der Waals surface area (Å²) in [7, 11) is 2.98. The van der Waals surface area contributed by atoms with Crippen LogP contribution in [0.25, 0.3) is 0 Å². The molecule has 0 saturated heterocycles. The Bertz CT molecular complexity index is 342. The van der Waals surface area contributed by atoms with E-state index in [0.717, 1.165) is 0 Å². The number of halogens is 2. The predicted octanol–water partition coefficient (Wildman–Crippen LogP) is 3.53. The van der Waals surface area contributed by atoms with Gasteiger partial charge >= 0.3 is 0 Å². The van der Waals surface area contributed by atoms with Crippen LogP contribution in [0.3, 0.4) is 0 Å². The van der Waals surface area contributed by atoms with Gasteiger partial charge in [0.25, 0.3) is 0 Å². The van der Waals surface area contributed by atoms with Gasteiger partial charge in [-0.1, -0.05) is 6.92 Å². The Morgan fingerprint density at radius 3 is 2.27 bits per heavy atom. The smallest absolute Gasteiger partial charge is 0.163 e. The number of hydrogen-bond acceptors (Lipinski definition) is 2. The topological polar surface area (TPSA) is 18.5 Å². The normalized spacial score (nSPS) is 12.3. The van der Waals surface area contributed by atoms with Crippen molar-refractivity contribution in [3.8, 4) is 11.5 Å². The van der Waals surface area contributed by atoms with Gasteiger partial charge in [0, 0.05) is 11.6 Å². The van der Waals surface area contributed by atoms with Crippen molar-refractivity contribution in [2.24, 2.45) is 0 Å². The zero-order valence-corrected chi connectivity index (χ0v) is 9.77. The van der Waals surface area contributed by atoms with Crippen molar-refractivity contribution in [2.45, 2.75) is 18.7 Å². The minimum atomic E-state index is -0.366. The van der Waals surface area contributed by atoms with Crippen molar-refractivity contribution in [1.82, 2.24) is 0 Å². The molecule has 2 nitrogen and oxygen atoms in total. The molecule has 0 aromatic heterocycles. The molecule has 1 unspecified atom stereocenters. The van der Waals surface area contributed by atoms with Crippen LogP contribution in [0.15, 0.2) is 12.1 Å². The van der Waals surface area contributed by atoms with Crippen molar-refractivity contribution in [3.63, 3.8) is 0 Å². The Kier molecular flexibility index (Phi) is 4.21. The van der Waals surface area contributed by atoms with E-state index in [1.807, 2.05) is 6.92 Å². The second kappa shape index (κ2) is 5.21. The summed E-state index contributed by atoms with van der Waals surface area (Å²) in [5.41, 5.74) is 0.441. The van der Waals surface area contributed by atoms with Gasteiger partial charge in [-0.25, -0.2) is 4.39 Å². The summed E-state index contributed by atoms with van der Waals surface area (Å²) >= 11 is 5.98. The van der Waals surface area contributed by atoms with Gasteiger partial charge in [0.1, 0.15) is 5.82 Å². The number of benzene rings is 1. The van der Waals surface area contributed by atoms with E-state index in [9.17, 15) is 4.39 Å². The first-order valence-corrected chi connectivity index (χ1v) is 5.13. The first kappa shape index (κ1) is 12.1. The molecule has 0 spiro atoms. The van der Waals surface area contributed by atoms with E-state index in [1.54, 1.807) is 6.07 Å².